The van der Waals surface area contributed by atoms with E-state index in [2.05, 4.69) is 26.4 Å². The summed E-state index contributed by atoms with van der Waals surface area (Å²) < 4.78 is 2.09. The van der Waals surface area contributed by atoms with Crippen LogP contribution in [0.5, 0.6) is 0 Å². The maximum Gasteiger partial charge on any atom is 0.125 e. The van der Waals surface area contributed by atoms with Gasteiger partial charge in [-0.25, -0.2) is 15.0 Å². The zero-order chi connectivity index (χ0) is 12.3. The normalized spacial score (nSPS) is 12.6. The van der Waals surface area contributed by atoms with Crippen molar-refractivity contribution in [3.63, 3.8) is 0 Å². The molecule has 17 heavy (non-hydrogen) atoms. The minimum atomic E-state index is -0.135. The lowest BCUT2D eigenvalue weighted by atomic mass is 10.1. The second kappa shape index (κ2) is 5.05. The second-order valence-electron chi connectivity index (χ2n) is 3.97. The van der Waals surface area contributed by atoms with Gasteiger partial charge in [0.2, 0.25) is 0 Å². The van der Waals surface area contributed by atoms with Crippen LogP contribution in [0.4, 0.5) is 0 Å². The van der Waals surface area contributed by atoms with Gasteiger partial charge < -0.3 is 10.3 Å². The van der Waals surface area contributed by atoms with Gasteiger partial charge in [0, 0.05) is 31.6 Å². The Morgan fingerprint density at radius 3 is 2.88 bits per heavy atom. The summed E-state index contributed by atoms with van der Waals surface area (Å²) in [6.45, 7) is 4.86. The monoisotopic (exact) mass is 231 g/mol. The van der Waals surface area contributed by atoms with Crippen molar-refractivity contribution in [2.45, 2.75) is 32.9 Å². The van der Waals surface area contributed by atoms with Gasteiger partial charge in [0.15, 0.2) is 0 Å². The number of aromatic nitrogens is 4. The highest BCUT2D eigenvalue weighted by Gasteiger charge is 2.12. The van der Waals surface area contributed by atoms with Crippen LogP contribution in [0, 0.1) is 6.92 Å². The van der Waals surface area contributed by atoms with Crippen LogP contribution < -0.4 is 5.73 Å². The van der Waals surface area contributed by atoms with Crippen molar-refractivity contribution in [2.75, 3.05) is 0 Å². The Balaban J connectivity index is 2.14. The van der Waals surface area contributed by atoms with Gasteiger partial charge in [-0.3, -0.25) is 0 Å². The number of hydrogen-bond acceptors (Lipinski definition) is 4. The molecule has 2 N–H and O–H groups in total. The first-order chi connectivity index (χ1) is 8.20. The lowest BCUT2D eigenvalue weighted by molar-refractivity contribution is 0.614. The van der Waals surface area contributed by atoms with Crippen molar-refractivity contribution in [3.8, 4) is 0 Å². The van der Waals surface area contributed by atoms with Gasteiger partial charge in [0.25, 0.3) is 0 Å². The molecule has 1 atom stereocenters. The average molecular weight is 231 g/mol. The SMILES string of the molecule is CCn1ccnc1CC(N)c1ccnc(C)n1. The van der Waals surface area contributed by atoms with E-state index in [1.807, 2.05) is 19.2 Å². The molecule has 0 spiro atoms. The summed E-state index contributed by atoms with van der Waals surface area (Å²) in [7, 11) is 0. The highest BCUT2D eigenvalue weighted by Crippen LogP contribution is 2.12. The molecule has 0 aromatic carbocycles. The van der Waals surface area contributed by atoms with Crippen molar-refractivity contribution in [3.05, 3.63) is 42.0 Å². The highest BCUT2D eigenvalue weighted by molar-refractivity contribution is 5.09. The molecule has 2 heterocycles. The molecule has 90 valence electrons. The van der Waals surface area contributed by atoms with Crippen LogP contribution in [0.2, 0.25) is 0 Å². The van der Waals surface area contributed by atoms with E-state index in [0.29, 0.717) is 6.42 Å². The molecule has 0 aliphatic carbocycles. The molecule has 5 nitrogen and oxygen atoms in total. The Labute approximate surface area is 101 Å². The fourth-order valence-electron chi connectivity index (χ4n) is 1.80. The van der Waals surface area contributed by atoms with Crippen LogP contribution in [0.15, 0.2) is 24.7 Å². The molecule has 2 rings (SSSR count). The first-order valence-corrected chi connectivity index (χ1v) is 5.76. The summed E-state index contributed by atoms with van der Waals surface area (Å²) in [5.74, 6) is 1.74. The molecule has 0 amide bonds. The first-order valence-electron chi connectivity index (χ1n) is 5.76. The number of imidazole rings is 1. The van der Waals surface area contributed by atoms with Crippen LogP contribution in [0.1, 0.15) is 30.3 Å². The van der Waals surface area contributed by atoms with E-state index in [0.717, 1.165) is 23.9 Å². The van der Waals surface area contributed by atoms with Gasteiger partial charge >= 0.3 is 0 Å². The van der Waals surface area contributed by atoms with E-state index in [1.54, 1.807) is 12.4 Å². The summed E-state index contributed by atoms with van der Waals surface area (Å²) in [6.07, 6.45) is 6.20. The van der Waals surface area contributed by atoms with Crippen LogP contribution in [0.25, 0.3) is 0 Å². The Bertz CT molecular complexity index is 491. The fourth-order valence-corrected chi connectivity index (χ4v) is 1.80. The van der Waals surface area contributed by atoms with Gasteiger partial charge in [0.05, 0.1) is 11.7 Å². The zero-order valence-electron chi connectivity index (χ0n) is 10.2. The molecule has 0 aliphatic heterocycles. The molecule has 0 radical (unpaired) electrons. The van der Waals surface area contributed by atoms with E-state index in [1.165, 1.54) is 0 Å². The predicted octanol–water partition coefficient (Wildman–Crippen LogP) is 1.24. The van der Waals surface area contributed by atoms with Crippen LogP contribution >= 0.6 is 0 Å². The molecule has 2 aromatic heterocycles. The standard InChI is InChI=1S/C12H17N5/c1-3-17-7-6-15-12(17)8-10(13)11-4-5-14-9(2)16-11/h4-7,10H,3,8,13H2,1-2H3. The summed E-state index contributed by atoms with van der Waals surface area (Å²) in [5, 5.41) is 0. The minimum Gasteiger partial charge on any atom is -0.335 e. The number of hydrogen-bond donors (Lipinski definition) is 1. The average Bonchev–Trinajstić information content (AvgIpc) is 2.76. The Hall–Kier alpha value is -1.75. The van der Waals surface area contributed by atoms with Crippen molar-refractivity contribution in [2.24, 2.45) is 5.73 Å². The molecular formula is C12H17N5. The Kier molecular flexibility index (Phi) is 3.49. The smallest absolute Gasteiger partial charge is 0.125 e. The maximum absolute atomic E-state index is 6.14. The Morgan fingerprint density at radius 2 is 2.18 bits per heavy atom. The predicted molar refractivity (Wildman–Crippen MR) is 65.3 cm³/mol. The van der Waals surface area contributed by atoms with Gasteiger partial charge in [-0.1, -0.05) is 0 Å². The van der Waals surface area contributed by atoms with Gasteiger partial charge in [0.1, 0.15) is 11.6 Å². The highest BCUT2D eigenvalue weighted by atomic mass is 15.1. The number of nitrogens with zero attached hydrogens (tertiary/aromatic N) is 4. The van der Waals surface area contributed by atoms with Gasteiger partial charge in [-0.05, 0) is 19.9 Å². The lowest BCUT2D eigenvalue weighted by Gasteiger charge is -2.12. The molecular weight excluding hydrogens is 214 g/mol. The third-order valence-corrected chi connectivity index (χ3v) is 2.72. The molecule has 0 fully saturated rings. The second-order valence-corrected chi connectivity index (χ2v) is 3.97. The van der Waals surface area contributed by atoms with E-state index < -0.39 is 0 Å². The van der Waals surface area contributed by atoms with E-state index in [-0.39, 0.29) is 6.04 Å². The first kappa shape index (κ1) is 11.7. The minimum absolute atomic E-state index is 0.135. The number of aryl methyl sites for hydroxylation is 2. The number of nitrogens with two attached hydrogens (primary N) is 1. The molecule has 2 aromatic rings. The summed E-state index contributed by atoms with van der Waals surface area (Å²) >= 11 is 0. The summed E-state index contributed by atoms with van der Waals surface area (Å²) in [6, 6.07) is 1.72. The molecule has 1 unspecified atom stereocenters. The molecule has 0 saturated heterocycles. The van der Waals surface area contributed by atoms with E-state index in [4.69, 9.17) is 5.73 Å². The van der Waals surface area contributed by atoms with Gasteiger partial charge in [-0.2, -0.15) is 0 Å². The van der Waals surface area contributed by atoms with Crippen molar-refractivity contribution < 1.29 is 0 Å². The fraction of sp³-hybridized carbons (Fsp3) is 0.417. The van der Waals surface area contributed by atoms with E-state index >= 15 is 0 Å². The lowest BCUT2D eigenvalue weighted by Crippen LogP contribution is -2.18. The molecule has 0 saturated carbocycles. The van der Waals surface area contributed by atoms with Crippen molar-refractivity contribution >= 4 is 0 Å². The third-order valence-electron chi connectivity index (χ3n) is 2.72. The quantitative estimate of drug-likeness (QED) is 0.859. The molecule has 0 aliphatic rings. The van der Waals surface area contributed by atoms with Crippen LogP contribution in [-0.2, 0) is 13.0 Å². The largest absolute Gasteiger partial charge is 0.335 e. The Morgan fingerprint density at radius 1 is 1.35 bits per heavy atom. The van der Waals surface area contributed by atoms with Crippen molar-refractivity contribution in [1.29, 1.82) is 0 Å². The molecule has 0 bridgehead atoms. The number of rotatable bonds is 4. The van der Waals surface area contributed by atoms with Crippen LogP contribution in [0.3, 0.4) is 0 Å². The van der Waals surface area contributed by atoms with Crippen molar-refractivity contribution in [1.82, 2.24) is 19.5 Å². The zero-order valence-corrected chi connectivity index (χ0v) is 10.2. The molecule has 5 heteroatoms. The topological polar surface area (TPSA) is 69.6 Å². The van der Waals surface area contributed by atoms with E-state index in [9.17, 15) is 0 Å². The maximum atomic E-state index is 6.14. The van der Waals surface area contributed by atoms with Crippen LogP contribution in [-0.4, -0.2) is 19.5 Å². The summed E-state index contributed by atoms with van der Waals surface area (Å²) in [4.78, 5) is 12.7. The third kappa shape index (κ3) is 2.68. The summed E-state index contributed by atoms with van der Waals surface area (Å²) in [5.41, 5.74) is 7.00. The van der Waals surface area contributed by atoms with Gasteiger partial charge in [-0.15, -0.1) is 0 Å².